The molecular weight excluding hydrogens is 231 g/mol. The summed E-state index contributed by atoms with van der Waals surface area (Å²) in [5.41, 5.74) is 0. The van der Waals surface area contributed by atoms with Crippen molar-refractivity contribution in [1.29, 1.82) is 0 Å². The minimum atomic E-state index is -0.583. The number of rotatable bonds is 4. The number of hydrogen-bond acceptors (Lipinski definition) is 2. The molecule has 1 aromatic rings. The molecule has 0 fully saturated rings. The maximum atomic E-state index is 9.35. The van der Waals surface area contributed by atoms with Crippen molar-refractivity contribution >= 4 is 19.4 Å². The molecule has 0 radical (unpaired) electrons. The molecule has 2 unspecified atom stereocenters. The van der Waals surface area contributed by atoms with Gasteiger partial charge in [-0.2, -0.15) is 0 Å². The fourth-order valence-electron chi connectivity index (χ4n) is 0.941. The van der Waals surface area contributed by atoms with Crippen molar-refractivity contribution in [2.45, 2.75) is 17.8 Å². The minimum absolute atomic E-state index is 0.143. The molecule has 2 nitrogen and oxygen atoms in total. The van der Waals surface area contributed by atoms with Crippen molar-refractivity contribution < 1.29 is 10.2 Å². The third-order valence-corrected chi connectivity index (χ3v) is 4.38. The Labute approximate surface area is 84.8 Å². The van der Waals surface area contributed by atoms with Gasteiger partial charge in [-0.05, 0) is 0 Å². The van der Waals surface area contributed by atoms with Crippen LogP contribution in [0.4, 0.5) is 0 Å². The number of aliphatic hydroxyl groups is 2. The molecule has 3 heteroatoms. The third-order valence-electron chi connectivity index (χ3n) is 1.79. The van der Waals surface area contributed by atoms with Crippen LogP contribution in [0.5, 0.6) is 0 Å². The summed E-state index contributed by atoms with van der Waals surface area (Å²) >= 11 is 0.239. The Bertz CT molecular complexity index is 238. The zero-order chi connectivity index (χ0) is 9.68. The van der Waals surface area contributed by atoms with Gasteiger partial charge in [0.05, 0.1) is 0 Å². The SMILES string of the molecule is CC([Se]c1ccccc1)C(O)CO. The Morgan fingerprint density at radius 2 is 1.92 bits per heavy atom. The average molecular weight is 245 g/mol. The summed E-state index contributed by atoms with van der Waals surface area (Å²) in [7, 11) is 0. The number of benzene rings is 1. The predicted octanol–water partition coefficient (Wildman–Crippen LogP) is 0.178. The van der Waals surface area contributed by atoms with Gasteiger partial charge in [0.2, 0.25) is 0 Å². The quantitative estimate of drug-likeness (QED) is 0.743. The van der Waals surface area contributed by atoms with Crippen molar-refractivity contribution in [3.63, 3.8) is 0 Å². The van der Waals surface area contributed by atoms with Crippen molar-refractivity contribution in [3.8, 4) is 0 Å². The Balaban J connectivity index is 2.50. The van der Waals surface area contributed by atoms with Crippen LogP contribution in [-0.2, 0) is 0 Å². The van der Waals surface area contributed by atoms with Gasteiger partial charge in [0.1, 0.15) is 0 Å². The summed E-state index contributed by atoms with van der Waals surface area (Å²) in [5, 5.41) is 18.1. The van der Waals surface area contributed by atoms with Gasteiger partial charge in [-0.1, -0.05) is 0 Å². The summed E-state index contributed by atoms with van der Waals surface area (Å²) in [5.74, 6) is 0. The predicted molar refractivity (Wildman–Crippen MR) is 54.3 cm³/mol. The van der Waals surface area contributed by atoms with E-state index in [-0.39, 0.29) is 26.4 Å². The first-order valence-electron chi connectivity index (χ1n) is 4.24. The third kappa shape index (κ3) is 3.49. The van der Waals surface area contributed by atoms with E-state index in [9.17, 15) is 5.11 Å². The summed E-state index contributed by atoms with van der Waals surface area (Å²) in [6.07, 6.45) is -0.583. The molecule has 0 aliphatic rings. The van der Waals surface area contributed by atoms with E-state index >= 15 is 0 Å². The van der Waals surface area contributed by atoms with Crippen LogP contribution < -0.4 is 4.46 Å². The van der Waals surface area contributed by atoms with Crippen molar-refractivity contribution in [1.82, 2.24) is 0 Å². The van der Waals surface area contributed by atoms with E-state index in [2.05, 4.69) is 12.1 Å². The standard InChI is InChI=1S/C10H14O2Se/c1-8(10(12)7-11)13-9-5-3-2-4-6-9/h2-6,8,10-12H,7H2,1H3. The zero-order valence-corrected chi connectivity index (χ0v) is 9.26. The van der Waals surface area contributed by atoms with E-state index in [1.807, 2.05) is 25.1 Å². The van der Waals surface area contributed by atoms with Gasteiger partial charge >= 0.3 is 84.4 Å². The van der Waals surface area contributed by atoms with Gasteiger partial charge in [0.25, 0.3) is 0 Å². The van der Waals surface area contributed by atoms with Crippen molar-refractivity contribution in [3.05, 3.63) is 30.3 Å². The molecule has 0 bridgehead atoms. The van der Waals surface area contributed by atoms with Crippen molar-refractivity contribution in [2.24, 2.45) is 0 Å². The fourth-order valence-corrected chi connectivity index (χ4v) is 3.01. The second kappa shape index (κ2) is 5.40. The van der Waals surface area contributed by atoms with Gasteiger partial charge in [0.15, 0.2) is 0 Å². The fraction of sp³-hybridized carbons (Fsp3) is 0.400. The molecule has 2 atom stereocenters. The first-order chi connectivity index (χ1) is 6.24. The Kier molecular flexibility index (Phi) is 4.46. The summed E-state index contributed by atoms with van der Waals surface area (Å²) in [6, 6.07) is 10.1. The monoisotopic (exact) mass is 246 g/mol. The van der Waals surface area contributed by atoms with Gasteiger partial charge in [-0.3, -0.25) is 0 Å². The maximum absolute atomic E-state index is 9.35. The van der Waals surface area contributed by atoms with Gasteiger partial charge in [-0.15, -0.1) is 0 Å². The molecule has 0 aromatic heterocycles. The molecule has 1 rings (SSSR count). The summed E-state index contributed by atoms with van der Waals surface area (Å²) in [4.78, 5) is 0.167. The average Bonchev–Trinajstić information content (AvgIpc) is 2.18. The first-order valence-corrected chi connectivity index (χ1v) is 6.09. The van der Waals surface area contributed by atoms with Crippen LogP contribution >= 0.6 is 0 Å². The molecule has 0 saturated heterocycles. The molecule has 0 aliphatic carbocycles. The van der Waals surface area contributed by atoms with Crippen LogP contribution in [0, 0.1) is 0 Å². The molecule has 13 heavy (non-hydrogen) atoms. The van der Waals surface area contributed by atoms with Gasteiger partial charge in [-0.25, -0.2) is 0 Å². The van der Waals surface area contributed by atoms with Crippen LogP contribution in [0.3, 0.4) is 0 Å². The van der Waals surface area contributed by atoms with E-state index in [0.717, 1.165) is 0 Å². The van der Waals surface area contributed by atoms with E-state index < -0.39 is 6.10 Å². The molecule has 0 saturated carbocycles. The van der Waals surface area contributed by atoms with Crippen LogP contribution in [0.1, 0.15) is 6.92 Å². The first kappa shape index (κ1) is 10.7. The second-order valence-corrected chi connectivity index (χ2v) is 5.93. The topological polar surface area (TPSA) is 40.5 Å². The van der Waals surface area contributed by atoms with Crippen LogP contribution in [0.2, 0.25) is 4.82 Å². The molecule has 0 heterocycles. The molecule has 2 N–H and O–H groups in total. The van der Waals surface area contributed by atoms with E-state index in [1.54, 1.807) is 0 Å². The van der Waals surface area contributed by atoms with E-state index in [0.29, 0.717) is 0 Å². The number of aliphatic hydroxyl groups excluding tert-OH is 2. The van der Waals surface area contributed by atoms with Crippen LogP contribution in [-0.4, -0.2) is 37.9 Å². The molecule has 0 aliphatic heterocycles. The second-order valence-electron chi connectivity index (χ2n) is 2.89. The normalized spacial score (nSPS) is 15.3. The summed E-state index contributed by atoms with van der Waals surface area (Å²) < 4.78 is 1.26. The van der Waals surface area contributed by atoms with Crippen molar-refractivity contribution in [2.75, 3.05) is 6.61 Å². The van der Waals surface area contributed by atoms with Gasteiger partial charge in [0, 0.05) is 0 Å². The van der Waals surface area contributed by atoms with E-state index in [1.165, 1.54) is 4.46 Å². The van der Waals surface area contributed by atoms with Crippen LogP contribution in [0.15, 0.2) is 30.3 Å². The summed E-state index contributed by atoms with van der Waals surface area (Å²) in [6.45, 7) is 1.82. The van der Waals surface area contributed by atoms with Crippen LogP contribution in [0.25, 0.3) is 0 Å². The molecule has 72 valence electrons. The Morgan fingerprint density at radius 3 is 2.46 bits per heavy atom. The molecule has 0 spiro atoms. The zero-order valence-electron chi connectivity index (χ0n) is 7.55. The molecule has 1 aromatic carbocycles. The van der Waals surface area contributed by atoms with Gasteiger partial charge < -0.3 is 0 Å². The Morgan fingerprint density at radius 1 is 1.31 bits per heavy atom. The number of hydrogen-bond donors (Lipinski definition) is 2. The molecule has 0 amide bonds. The van der Waals surface area contributed by atoms with E-state index in [4.69, 9.17) is 5.11 Å². The molecular formula is C10H14O2Se. The Hall–Kier alpha value is -0.341.